The number of ether oxygens (including phenoxy) is 3. The van der Waals surface area contributed by atoms with Gasteiger partial charge in [-0.3, -0.25) is 14.9 Å². The summed E-state index contributed by atoms with van der Waals surface area (Å²) in [4.78, 5) is 35.0. The molecule has 1 fully saturated rings. The van der Waals surface area contributed by atoms with Crippen LogP contribution in [0.2, 0.25) is 0 Å². The highest BCUT2D eigenvalue weighted by Crippen LogP contribution is 2.32. The maximum Gasteiger partial charge on any atom is 0.328 e. The van der Waals surface area contributed by atoms with Gasteiger partial charge in [-0.2, -0.15) is 0 Å². The van der Waals surface area contributed by atoms with Crippen molar-refractivity contribution in [2.24, 2.45) is 0 Å². The van der Waals surface area contributed by atoms with Gasteiger partial charge in [0.2, 0.25) is 6.79 Å². The number of carbonyl (C=O) groups excluding carboxylic acids is 2. The molecule has 2 aromatic rings. The molecule has 1 saturated heterocycles. The zero-order valence-electron chi connectivity index (χ0n) is 15.2. The van der Waals surface area contributed by atoms with Crippen LogP contribution in [0.15, 0.2) is 36.4 Å². The van der Waals surface area contributed by atoms with Crippen molar-refractivity contribution in [1.29, 1.82) is 0 Å². The lowest BCUT2D eigenvalue weighted by Crippen LogP contribution is -2.28. The molecule has 0 aromatic heterocycles. The Hall–Kier alpha value is -3.82. The number of cyclic esters (lactones) is 1. The molecule has 0 aliphatic carbocycles. The highest BCUT2D eigenvalue weighted by atomic mass is 16.7. The van der Waals surface area contributed by atoms with Crippen LogP contribution in [-0.2, 0) is 16.1 Å². The highest BCUT2D eigenvalue weighted by molar-refractivity contribution is 6.01. The Kier molecular flexibility index (Phi) is 4.90. The quantitative estimate of drug-likeness (QED) is 0.429. The number of amides is 1. The summed E-state index contributed by atoms with van der Waals surface area (Å²) in [5.41, 5.74) is 0.946. The van der Waals surface area contributed by atoms with E-state index in [9.17, 15) is 19.7 Å². The molecular formula is C19H17N3O7. The Balaban J connectivity index is 1.52. The Morgan fingerprint density at radius 2 is 1.97 bits per heavy atom. The number of esters is 1. The number of rotatable bonds is 6. The molecule has 1 amide bonds. The van der Waals surface area contributed by atoms with Gasteiger partial charge in [-0.05, 0) is 23.8 Å². The van der Waals surface area contributed by atoms with Crippen molar-refractivity contribution in [3.05, 3.63) is 57.6 Å². The topological polar surface area (TPSA) is 129 Å². The van der Waals surface area contributed by atoms with E-state index >= 15 is 0 Å². The summed E-state index contributed by atoms with van der Waals surface area (Å²) in [5.74, 6) is 0.290. The van der Waals surface area contributed by atoms with Gasteiger partial charge in [-0.25, -0.2) is 4.79 Å². The van der Waals surface area contributed by atoms with E-state index in [4.69, 9.17) is 14.2 Å². The molecular weight excluding hydrogens is 382 g/mol. The van der Waals surface area contributed by atoms with Crippen LogP contribution in [0.1, 0.15) is 22.3 Å². The fourth-order valence-corrected chi connectivity index (χ4v) is 3.10. The molecule has 4 rings (SSSR count). The van der Waals surface area contributed by atoms with E-state index in [2.05, 4.69) is 10.6 Å². The van der Waals surface area contributed by atoms with Crippen LogP contribution in [0.4, 0.5) is 11.4 Å². The standard InChI is InChI=1S/C19H17N3O7/c23-18(20-9-11-1-4-16-17(7-11)29-10-28-16)13-8-12(22(25)26)2-3-14(13)21-15-5-6-27-19(15)24/h1-4,7-8,15,21H,5-6,9-10H2,(H,20,23). The third-order valence-corrected chi connectivity index (χ3v) is 4.61. The largest absolute Gasteiger partial charge is 0.464 e. The van der Waals surface area contributed by atoms with Gasteiger partial charge in [0.1, 0.15) is 6.04 Å². The zero-order valence-corrected chi connectivity index (χ0v) is 15.2. The number of non-ortho nitro benzene ring substituents is 1. The van der Waals surface area contributed by atoms with E-state index in [1.807, 2.05) is 0 Å². The van der Waals surface area contributed by atoms with Gasteiger partial charge in [0.25, 0.3) is 11.6 Å². The number of benzene rings is 2. The first kappa shape index (κ1) is 18.5. The second kappa shape index (κ2) is 7.66. The van der Waals surface area contributed by atoms with E-state index in [1.165, 1.54) is 18.2 Å². The molecule has 2 aliphatic heterocycles. The lowest BCUT2D eigenvalue weighted by molar-refractivity contribution is -0.384. The van der Waals surface area contributed by atoms with Crippen LogP contribution >= 0.6 is 0 Å². The lowest BCUT2D eigenvalue weighted by Gasteiger charge is -2.15. The van der Waals surface area contributed by atoms with E-state index in [1.54, 1.807) is 18.2 Å². The lowest BCUT2D eigenvalue weighted by atomic mass is 10.1. The maximum atomic E-state index is 12.8. The molecule has 0 spiro atoms. The molecule has 10 heteroatoms. The number of hydrogen-bond acceptors (Lipinski definition) is 8. The van der Waals surface area contributed by atoms with Gasteiger partial charge in [0, 0.05) is 30.8 Å². The van der Waals surface area contributed by atoms with Crippen LogP contribution in [0.5, 0.6) is 11.5 Å². The summed E-state index contributed by atoms with van der Waals surface area (Å²) in [7, 11) is 0. The second-order valence-electron chi connectivity index (χ2n) is 6.51. The third kappa shape index (κ3) is 3.91. The molecule has 1 unspecified atom stereocenters. The average molecular weight is 399 g/mol. The first-order chi connectivity index (χ1) is 14.0. The van der Waals surface area contributed by atoms with E-state index in [0.717, 1.165) is 5.56 Å². The van der Waals surface area contributed by atoms with E-state index < -0.39 is 22.8 Å². The second-order valence-corrected chi connectivity index (χ2v) is 6.51. The van der Waals surface area contributed by atoms with Crippen molar-refractivity contribution in [3.63, 3.8) is 0 Å². The average Bonchev–Trinajstić information content (AvgIpc) is 3.34. The molecule has 2 aliphatic rings. The minimum Gasteiger partial charge on any atom is -0.464 e. The molecule has 2 N–H and O–H groups in total. The van der Waals surface area contributed by atoms with Gasteiger partial charge in [0.05, 0.1) is 17.1 Å². The Morgan fingerprint density at radius 1 is 1.14 bits per heavy atom. The number of nitro benzene ring substituents is 1. The molecule has 2 heterocycles. The fraction of sp³-hybridized carbons (Fsp3) is 0.263. The fourth-order valence-electron chi connectivity index (χ4n) is 3.10. The number of nitrogens with one attached hydrogen (secondary N) is 2. The normalized spacial score (nSPS) is 17.0. The summed E-state index contributed by atoms with van der Waals surface area (Å²) < 4.78 is 15.5. The molecule has 0 radical (unpaired) electrons. The van der Waals surface area contributed by atoms with Crippen LogP contribution in [0.25, 0.3) is 0 Å². The smallest absolute Gasteiger partial charge is 0.328 e. The van der Waals surface area contributed by atoms with Gasteiger partial charge in [-0.15, -0.1) is 0 Å². The number of carbonyl (C=O) groups is 2. The SMILES string of the molecule is O=C(NCc1ccc2c(c1)OCO2)c1cc([N+](=O)[O-])ccc1NC1CCOC1=O. The van der Waals surface area contributed by atoms with Crippen molar-refractivity contribution in [1.82, 2.24) is 5.32 Å². The number of nitro groups is 1. The molecule has 1 atom stereocenters. The predicted octanol–water partition coefficient (Wildman–Crippen LogP) is 1.98. The van der Waals surface area contributed by atoms with Crippen molar-refractivity contribution in [2.45, 2.75) is 19.0 Å². The minimum absolute atomic E-state index is 0.0691. The van der Waals surface area contributed by atoms with Gasteiger partial charge in [-0.1, -0.05) is 6.07 Å². The molecule has 0 bridgehead atoms. The highest BCUT2D eigenvalue weighted by Gasteiger charge is 2.28. The van der Waals surface area contributed by atoms with E-state index in [-0.39, 0.29) is 31.2 Å². The van der Waals surface area contributed by atoms with Crippen molar-refractivity contribution >= 4 is 23.3 Å². The van der Waals surface area contributed by atoms with Crippen LogP contribution in [0, 0.1) is 10.1 Å². The minimum atomic E-state index is -0.600. The third-order valence-electron chi connectivity index (χ3n) is 4.61. The summed E-state index contributed by atoms with van der Waals surface area (Å²) in [6.07, 6.45) is 0.452. The predicted molar refractivity (Wildman–Crippen MR) is 99.8 cm³/mol. The van der Waals surface area contributed by atoms with Crippen molar-refractivity contribution in [3.8, 4) is 11.5 Å². The number of hydrogen-bond donors (Lipinski definition) is 2. The van der Waals surface area contributed by atoms with Crippen LogP contribution < -0.4 is 20.1 Å². The maximum absolute atomic E-state index is 12.8. The van der Waals surface area contributed by atoms with Gasteiger partial charge in [0.15, 0.2) is 11.5 Å². The molecule has 0 saturated carbocycles. The summed E-state index contributed by atoms with van der Waals surface area (Å²) in [6, 6.07) is 8.56. The summed E-state index contributed by atoms with van der Waals surface area (Å²) in [6.45, 7) is 0.621. The number of nitrogens with zero attached hydrogens (tertiary/aromatic N) is 1. The Labute approximate surface area is 164 Å². The Bertz CT molecular complexity index is 992. The molecule has 29 heavy (non-hydrogen) atoms. The summed E-state index contributed by atoms with van der Waals surface area (Å²) in [5, 5.41) is 16.8. The molecule has 10 nitrogen and oxygen atoms in total. The molecule has 150 valence electrons. The number of fused-ring (bicyclic) bond motifs is 1. The van der Waals surface area contributed by atoms with Crippen LogP contribution in [-0.4, -0.2) is 36.2 Å². The summed E-state index contributed by atoms with van der Waals surface area (Å²) >= 11 is 0. The first-order valence-electron chi connectivity index (χ1n) is 8.89. The van der Waals surface area contributed by atoms with Crippen molar-refractivity contribution < 1.29 is 28.7 Å². The molecule has 2 aromatic carbocycles. The van der Waals surface area contributed by atoms with Gasteiger partial charge < -0.3 is 24.8 Å². The van der Waals surface area contributed by atoms with Crippen molar-refractivity contribution in [2.75, 3.05) is 18.7 Å². The van der Waals surface area contributed by atoms with Gasteiger partial charge >= 0.3 is 5.97 Å². The Morgan fingerprint density at radius 3 is 2.72 bits per heavy atom. The monoisotopic (exact) mass is 399 g/mol. The number of anilines is 1. The van der Waals surface area contributed by atoms with Crippen LogP contribution in [0.3, 0.4) is 0 Å². The van der Waals surface area contributed by atoms with E-state index in [0.29, 0.717) is 23.6 Å². The zero-order chi connectivity index (χ0) is 20.4. The first-order valence-corrected chi connectivity index (χ1v) is 8.89.